The Morgan fingerprint density at radius 2 is 2.20 bits per heavy atom. The largest absolute Gasteiger partial charge is 0.491 e. The number of rotatable bonds is 6. The fourth-order valence-corrected chi connectivity index (χ4v) is 2.25. The second-order valence-corrected chi connectivity index (χ2v) is 4.86. The molecule has 1 heterocycles. The van der Waals surface area contributed by atoms with E-state index in [4.69, 9.17) is 9.47 Å². The first-order valence-electron chi connectivity index (χ1n) is 6.90. The van der Waals surface area contributed by atoms with Crippen LogP contribution in [0.4, 0.5) is 5.69 Å². The van der Waals surface area contributed by atoms with Crippen LogP contribution in [-0.2, 0) is 4.74 Å². The van der Waals surface area contributed by atoms with Gasteiger partial charge in [0.1, 0.15) is 18.5 Å². The first-order valence-corrected chi connectivity index (χ1v) is 6.90. The number of ether oxygens (including phenoxy) is 2. The molecular weight excluding hydrogens is 260 g/mol. The van der Waals surface area contributed by atoms with Gasteiger partial charge in [0.25, 0.3) is 5.69 Å². The summed E-state index contributed by atoms with van der Waals surface area (Å²) in [7, 11) is 0. The third-order valence-corrected chi connectivity index (χ3v) is 3.25. The van der Waals surface area contributed by atoms with Crippen LogP contribution in [0.25, 0.3) is 0 Å². The van der Waals surface area contributed by atoms with Crippen molar-refractivity contribution in [2.24, 2.45) is 0 Å². The van der Waals surface area contributed by atoms with Gasteiger partial charge in [-0.15, -0.1) is 0 Å². The van der Waals surface area contributed by atoms with Crippen LogP contribution in [0.1, 0.15) is 13.3 Å². The van der Waals surface area contributed by atoms with E-state index in [1.54, 1.807) is 12.1 Å². The highest BCUT2D eigenvalue weighted by Crippen LogP contribution is 2.18. The predicted molar refractivity (Wildman–Crippen MR) is 75.1 cm³/mol. The van der Waals surface area contributed by atoms with Crippen molar-refractivity contribution in [2.45, 2.75) is 19.4 Å². The third kappa shape index (κ3) is 4.18. The van der Waals surface area contributed by atoms with Crippen molar-refractivity contribution in [1.82, 2.24) is 4.90 Å². The monoisotopic (exact) mass is 280 g/mol. The normalized spacial score (nSPS) is 19.8. The highest BCUT2D eigenvalue weighted by molar-refractivity contribution is 5.35. The molecule has 1 aromatic rings. The van der Waals surface area contributed by atoms with Gasteiger partial charge in [-0.2, -0.15) is 0 Å². The van der Waals surface area contributed by atoms with Gasteiger partial charge in [0, 0.05) is 25.2 Å². The second-order valence-electron chi connectivity index (χ2n) is 4.86. The van der Waals surface area contributed by atoms with Gasteiger partial charge in [0.05, 0.1) is 11.5 Å². The van der Waals surface area contributed by atoms with Gasteiger partial charge >= 0.3 is 0 Å². The van der Waals surface area contributed by atoms with Gasteiger partial charge in [-0.3, -0.25) is 15.0 Å². The summed E-state index contributed by atoms with van der Waals surface area (Å²) in [5, 5.41) is 10.6. The molecule has 0 saturated carbocycles. The number of hydrogen-bond donors (Lipinski definition) is 0. The Morgan fingerprint density at radius 1 is 1.45 bits per heavy atom. The molecule has 0 spiro atoms. The Kier molecular flexibility index (Phi) is 5.31. The molecule has 1 unspecified atom stereocenters. The second kappa shape index (κ2) is 7.21. The van der Waals surface area contributed by atoms with E-state index in [1.807, 2.05) is 0 Å². The summed E-state index contributed by atoms with van der Waals surface area (Å²) in [5.41, 5.74) is 0.0698. The number of benzene rings is 1. The maximum atomic E-state index is 10.6. The van der Waals surface area contributed by atoms with Crippen molar-refractivity contribution >= 4 is 5.69 Å². The molecular formula is C14H20N2O4. The van der Waals surface area contributed by atoms with E-state index < -0.39 is 4.92 Å². The van der Waals surface area contributed by atoms with Crippen molar-refractivity contribution in [3.63, 3.8) is 0 Å². The molecule has 6 heteroatoms. The average Bonchev–Trinajstić information content (AvgIpc) is 2.46. The maximum Gasteiger partial charge on any atom is 0.269 e. The number of non-ortho nitro benzene ring substituents is 1. The van der Waals surface area contributed by atoms with Crippen molar-refractivity contribution in [3.8, 4) is 5.75 Å². The quantitative estimate of drug-likeness (QED) is 0.589. The summed E-state index contributed by atoms with van der Waals surface area (Å²) in [6.45, 7) is 6.30. The lowest BCUT2D eigenvalue weighted by molar-refractivity contribution is -0.384. The molecule has 1 aliphatic heterocycles. The van der Waals surface area contributed by atoms with Gasteiger partial charge < -0.3 is 9.47 Å². The number of morpholine rings is 1. The van der Waals surface area contributed by atoms with E-state index in [0.717, 1.165) is 32.7 Å². The summed E-state index contributed by atoms with van der Waals surface area (Å²) in [6, 6.07) is 6.12. The molecule has 6 nitrogen and oxygen atoms in total. The number of nitro benzene ring substituents is 1. The Labute approximate surface area is 118 Å². The first kappa shape index (κ1) is 14.7. The van der Waals surface area contributed by atoms with Crippen molar-refractivity contribution in [2.75, 3.05) is 32.8 Å². The van der Waals surface area contributed by atoms with E-state index in [0.29, 0.717) is 12.4 Å². The third-order valence-electron chi connectivity index (χ3n) is 3.25. The molecule has 0 bridgehead atoms. The lowest BCUT2D eigenvalue weighted by atomic mass is 10.2. The summed E-state index contributed by atoms with van der Waals surface area (Å²) in [6.07, 6.45) is 1.20. The van der Waals surface area contributed by atoms with Crippen molar-refractivity contribution in [1.29, 1.82) is 0 Å². The fourth-order valence-electron chi connectivity index (χ4n) is 2.25. The van der Waals surface area contributed by atoms with Crippen LogP contribution >= 0.6 is 0 Å². The van der Waals surface area contributed by atoms with E-state index in [-0.39, 0.29) is 11.8 Å². The molecule has 0 aliphatic carbocycles. The van der Waals surface area contributed by atoms with Crippen molar-refractivity contribution < 1.29 is 14.4 Å². The minimum absolute atomic E-state index is 0.0606. The first-order chi connectivity index (χ1) is 9.69. The highest BCUT2D eigenvalue weighted by Gasteiger charge is 2.20. The van der Waals surface area contributed by atoms with E-state index in [9.17, 15) is 10.1 Å². The van der Waals surface area contributed by atoms with E-state index in [2.05, 4.69) is 11.8 Å². The molecule has 20 heavy (non-hydrogen) atoms. The summed E-state index contributed by atoms with van der Waals surface area (Å²) in [5.74, 6) is 0.631. The molecule has 0 aromatic heterocycles. The highest BCUT2D eigenvalue weighted by atomic mass is 16.6. The molecule has 110 valence electrons. The van der Waals surface area contributed by atoms with Gasteiger partial charge in [-0.1, -0.05) is 6.92 Å². The molecule has 0 radical (unpaired) electrons. The minimum atomic E-state index is -0.420. The minimum Gasteiger partial charge on any atom is -0.491 e. The Balaban J connectivity index is 1.80. The van der Waals surface area contributed by atoms with E-state index >= 15 is 0 Å². The average molecular weight is 280 g/mol. The van der Waals surface area contributed by atoms with Gasteiger partial charge in [0.2, 0.25) is 0 Å². The van der Waals surface area contributed by atoms with Crippen LogP contribution < -0.4 is 4.74 Å². The summed E-state index contributed by atoms with van der Waals surface area (Å²) >= 11 is 0. The van der Waals surface area contributed by atoms with Crippen molar-refractivity contribution in [3.05, 3.63) is 34.4 Å². The van der Waals surface area contributed by atoms with Crippen LogP contribution in [-0.4, -0.2) is 48.8 Å². The topological polar surface area (TPSA) is 64.8 Å². The molecule has 0 amide bonds. The Morgan fingerprint density at radius 3 is 2.85 bits per heavy atom. The van der Waals surface area contributed by atoms with Gasteiger partial charge in [-0.25, -0.2) is 0 Å². The van der Waals surface area contributed by atoms with E-state index in [1.165, 1.54) is 12.1 Å². The Bertz CT molecular complexity index is 433. The number of nitro groups is 1. The lowest BCUT2D eigenvalue weighted by Gasteiger charge is -2.32. The number of hydrogen-bond acceptors (Lipinski definition) is 5. The zero-order valence-electron chi connectivity index (χ0n) is 11.7. The standard InChI is InChI=1S/C14H20N2O4/c1-2-7-15-8-9-19-14(10-15)11-20-13-5-3-12(4-6-13)16(17)18/h3-6,14H,2,7-11H2,1H3. The summed E-state index contributed by atoms with van der Waals surface area (Å²) < 4.78 is 11.3. The smallest absolute Gasteiger partial charge is 0.269 e. The van der Waals surface area contributed by atoms with Crippen LogP contribution in [0.5, 0.6) is 5.75 Å². The zero-order chi connectivity index (χ0) is 14.4. The zero-order valence-corrected chi connectivity index (χ0v) is 11.7. The molecule has 1 atom stereocenters. The number of nitrogens with zero attached hydrogens (tertiary/aromatic N) is 2. The molecule has 1 aromatic carbocycles. The maximum absolute atomic E-state index is 10.6. The molecule has 2 rings (SSSR count). The van der Waals surface area contributed by atoms with Gasteiger partial charge in [-0.05, 0) is 25.1 Å². The van der Waals surface area contributed by atoms with Gasteiger partial charge in [0.15, 0.2) is 0 Å². The predicted octanol–water partition coefficient (Wildman–Crippen LogP) is 2.08. The molecule has 1 fully saturated rings. The van der Waals surface area contributed by atoms with Crippen LogP contribution in [0.3, 0.4) is 0 Å². The Hall–Kier alpha value is -1.66. The molecule has 1 saturated heterocycles. The molecule has 1 aliphatic rings. The van der Waals surface area contributed by atoms with Crippen LogP contribution in [0, 0.1) is 10.1 Å². The summed E-state index contributed by atoms with van der Waals surface area (Å²) in [4.78, 5) is 12.5. The lowest BCUT2D eigenvalue weighted by Crippen LogP contribution is -2.45. The fraction of sp³-hybridized carbons (Fsp3) is 0.571. The van der Waals surface area contributed by atoms with Crippen LogP contribution in [0.2, 0.25) is 0 Å². The molecule has 0 N–H and O–H groups in total. The van der Waals surface area contributed by atoms with Crippen LogP contribution in [0.15, 0.2) is 24.3 Å². The SMILES string of the molecule is CCCN1CCOC(COc2ccc([N+](=O)[O-])cc2)C1.